The minimum atomic E-state index is -0.675. The van der Waals surface area contributed by atoms with Crippen LogP contribution in [0.15, 0.2) is 0 Å². The number of ether oxygens (including phenoxy) is 3. The number of hydrogen-bond donors (Lipinski definition) is 3. The number of morpholine rings is 2. The second kappa shape index (κ2) is 9.82. The molecule has 8 nitrogen and oxygen atoms in total. The number of nitrogens with one attached hydrogen (secondary N) is 2. The molecule has 4 rings (SSSR count). The monoisotopic (exact) mass is 384 g/mol. The predicted molar refractivity (Wildman–Crippen MR) is 97.4 cm³/mol. The third-order valence-electron chi connectivity index (χ3n) is 5.84. The van der Waals surface area contributed by atoms with Crippen LogP contribution in [0.5, 0.6) is 0 Å². The number of esters is 1. The first-order valence-corrected chi connectivity index (χ1v) is 9.98. The zero-order valence-corrected chi connectivity index (χ0v) is 16.0. The molecule has 4 bridgehead atoms. The molecule has 0 spiro atoms. The van der Waals surface area contributed by atoms with Gasteiger partial charge in [-0.1, -0.05) is 0 Å². The van der Waals surface area contributed by atoms with E-state index in [1.165, 1.54) is 7.11 Å². The number of fused-ring (bicyclic) bond motifs is 4. The van der Waals surface area contributed by atoms with Crippen LogP contribution in [0.1, 0.15) is 38.5 Å². The van der Waals surface area contributed by atoms with Crippen LogP contribution in [-0.4, -0.2) is 74.7 Å². The maximum absolute atomic E-state index is 11.1. The number of rotatable bonds is 4. The molecule has 4 aliphatic rings. The van der Waals surface area contributed by atoms with Crippen molar-refractivity contribution in [1.82, 2.24) is 10.6 Å². The summed E-state index contributed by atoms with van der Waals surface area (Å²) in [4.78, 5) is 21.7. The lowest BCUT2D eigenvalue weighted by Gasteiger charge is -2.39. The standard InChI is InChI=1S/C10H17NO3.C9H15NO3/c1-13-10(12)4-7-2-8-5-14-6-9(3-7)11-8;11-9(12)3-6-1-7-4-13-5-8(2-6)10-7/h7-9,11H,2-6H2,1H3;6-8,10H,1-5H2,(H,11,12). The third kappa shape index (κ3) is 6.41. The summed E-state index contributed by atoms with van der Waals surface area (Å²) in [5.74, 6) is 0.0574. The van der Waals surface area contributed by atoms with Crippen molar-refractivity contribution in [2.24, 2.45) is 11.8 Å². The van der Waals surface area contributed by atoms with E-state index < -0.39 is 5.97 Å². The highest BCUT2D eigenvalue weighted by Gasteiger charge is 2.33. The maximum atomic E-state index is 11.1. The molecule has 4 aliphatic heterocycles. The van der Waals surface area contributed by atoms with E-state index in [0.717, 1.165) is 52.1 Å². The molecule has 0 amide bonds. The highest BCUT2D eigenvalue weighted by Crippen LogP contribution is 2.27. The smallest absolute Gasteiger partial charge is 0.305 e. The van der Waals surface area contributed by atoms with Crippen molar-refractivity contribution in [3.05, 3.63) is 0 Å². The molecular weight excluding hydrogens is 352 g/mol. The lowest BCUT2D eigenvalue weighted by atomic mass is 9.85. The van der Waals surface area contributed by atoms with E-state index in [1.54, 1.807) is 0 Å². The highest BCUT2D eigenvalue weighted by molar-refractivity contribution is 5.69. The third-order valence-corrected chi connectivity index (χ3v) is 5.84. The molecule has 0 radical (unpaired) electrons. The highest BCUT2D eigenvalue weighted by atomic mass is 16.5. The maximum Gasteiger partial charge on any atom is 0.305 e. The largest absolute Gasteiger partial charge is 0.481 e. The van der Waals surface area contributed by atoms with Gasteiger partial charge in [-0.3, -0.25) is 9.59 Å². The lowest BCUT2D eigenvalue weighted by molar-refractivity contribution is -0.142. The Kier molecular flexibility index (Phi) is 7.46. The number of carboxylic acids is 1. The average Bonchev–Trinajstić information content (AvgIpc) is 2.61. The van der Waals surface area contributed by atoms with Crippen molar-refractivity contribution >= 4 is 11.9 Å². The second-order valence-electron chi connectivity index (χ2n) is 8.25. The number of hydrogen-bond acceptors (Lipinski definition) is 7. The summed E-state index contributed by atoms with van der Waals surface area (Å²) in [6, 6.07) is 1.66. The molecule has 0 aromatic carbocycles. The number of piperidine rings is 2. The molecule has 27 heavy (non-hydrogen) atoms. The Labute approximate surface area is 160 Å². The number of carboxylic acid groups (broad SMARTS) is 1. The molecule has 154 valence electrons. The van der Waals surface area contributed by atoms with Crippen molar-refractivity contribution in [3.8, 4) is 0 Å². The first-order chi connectivity index (χ1) is 13.0. The van der Waals surface area contributed by atoms with Gasteiger partial charge in [0.15, 0.2) is 0 Å². The quantitative estimate of drug-likeness (QED) is 0.603. The van der Waals surface area contributed by atoms with E-state index in [-0.39, 0.29) is 5.97 Å². The fraction of sp³-hybridized carbons (Fsp3) is 0.895. The van der Waals surface area contributed by atoms with Gasteiger partial charge in [0.2, 0.25) is 0 Å². The van der Waals surface area contributed by atoms with E-state index >= 15 is 0 Å². The van der Waals surface area contributed by atoms with Crippen LogP contribution in [0.3, 0.4) is 0 Å². The van der Waals surface area contributed by atoms with Gasteiger partial charge in [-0.15, -0.1) is 0 Å². The van der Waals surface area contributed by atoms with Gasteiger partial charge in [0.25, 0.3) is 0 Å². The van der Waals surface area contributed by atoms with Gasteiger partial charge in [-0.25, -0.2) is 0 Å². The minimum absolute atomic E-state index is 0.0871. The summed E-state index contributed by atoms with van der Waals surface area (Å²) in [6.07, 6.45) is 4.84. The van der Waals surface area contributed by atoms with Crippen molar-refractivity contribution < 1.29 is 28.9 Å². The van der Waals surface area contributed by atoms with Gasteiger partial charge in [-0.2, -0.15) is 0 Å². The summed E-state index contributed by atoms with van der Waals surface area (Å²) in [6.45, 7) is 3.06. The zero-order valence-electron chi connectivity index (χ0n) is 16.0. The molecule has 3 N–H and O–H groups in total. The van der Waals surface area contributed by atoms with E-state index in [1.807, 2.05) is 0 Å². The van der Waals surface area contributed by atoms with Gasteiger partial charge < -0.3 is 30.0 Å². The van der Waals surface area contributed by atoms with Crippen LogP contribution in [0.2, 0.25) is 0 Å². The van der Waals surface area contributed by atoms with Crippen molar-refractivity contribution in [2.75, 3.05) is 33.5 Å². The Hall–Kier alpha value is -1.22. The van der Waals surface area contributed by atoms with Crippen LogP contribution < -0.4 is 10.6 Å². The summed E-state index contributed by atoms with van der Waals surface area (Å²) in [5, 5.41) is 15.6. The first kappa shape index (κ1) is 20.5. The summed E-state index contributed by atoms with van der Waals surface area (Å²) >= 11 is 0. The van der Waals surface area contributed by atoms with E-state index in [2.05, 4.69) is 15.4 Å². The molecule has 4 fully saturated rings. The van der Waals surface area contributed by atoms with Gasteiger partial charge in [-0.05, 0) is 37.5 Å². The Morgan fingerprint density at radius 2 is 1.26 bits per heavy atom. The molecule has 0 saturated carbocycles. The van der Waals surface area contributed by atoms with Gasteiger partial charge >= 0.3 is 11.9 Å². The average molecular weight is 384 g/mol. The molecule has 4 saturated heterocycles. The number of aliphatic carboxylic acids is 1. The van der Waals surface area contributed by atoms with Crippen LogP contribution in [0, 0.1) is 11.8 Å². The predicted octanol–water partition coefficient (Wildman–Crippen LogP) is 0.545. The van der Waals surface area contributed by atoms with E-state index in [0.29, 0.717) is 48.8 Å². The molecule has 0 aliphatic carbocycles. The normalized spacial score (nSPS) is 37.5. The fourth-order valence-electron chi connectivity index (χ4n) is 4.81. The Morgan fingerprint density at radius 3 is 1.63 bits per heavy atom. The molecule has 4 atom stereocenters. The van der Waals surface area contributed by atoms with Gasteiger partial charge in [0.1, 0.15) is 0 Å². The van der Waals surface area contributed by atoms with Gasteiger partial charge in [0.05, 0.1) is 33.5 Å². The number of carbonyl (C=O) groups excluding carboxylic acids is 1. The topological polar surface area (TPSA) is 106 Å². The molecular formula is C19H32N2O6. The Balaban J connectivity index is 0.000000156. The molecule has 4 unspecified atom stereocenters. The summed E-state index contributed by atoms with van der Waals surface area (Å²) < 4.78 is 15.5. The van der Waals surface area contributed by atoms with Crippen LogP contribution in [0.25, 0.3) is 0 Å². The first-order valence-electron chi connectivity index (χ1n) is 9.98. The molecule has 0 aromatic heterocycles. The lowest BCUT2D eigenvalue weighted by Crippen LogP contribution is -2.54. The Morgan fingerprint density at radius 1 is 0.852 bits per heavy atom. The van der Waals surface area contributed by atoms with Crippen molar-refractivity contribution in [2.45, 2.75) is 62.7 Å². The van der Waals surface area contributed by atoms with Crippen molar-refractivity contribution in [3.63, 3.8) is 0 Å². The second-order valence-corrected chi connectivity index (χ2v) is 8.25. The SMILES string of the molecule is COC(=O)CC1CC2COCC(C1)N2.O=C(O)CC1CC2COCC(C1)N2. The molecule has 8 heteroatoms. The summed E-state index contributed by atoms with van der Waals surface area (Å²) in [7, 11) is 1.45. The molecule has 0 aromatic rings. The van der Waals surface area contributed by atoms with Crippen LogP contribution >= 0.6 is 0 Å². The Bertz CT molecular complexity index is 492. The summed E-state index contributed by atoms with van der Waals surface area (Å²) in [5.41, 5.74) is 0. The fourth-order valence-corrected chi connectivity index (χ4v) is 4.81. The van der Waals surface area contributed by atoms with Crippen LogP contribution in [0.4, 0.5) is 0 Å². The van der Waals surface area contributed by atoms with E-state index in [9.17, 15) is 9.59 Å². The van der Waals surface area contributed by atoms with Crippen molar-refractivity contribution in [1.29, 1.82) is 0 Å². The zero-order chi connectivity index (χ0) is 19.2. The number of methoxy groups -OCH3 is 1. The van der Waals surface area contributed by atoms with Gasteiger partial charge in [0, 0.05) is 37.0 Å². The molecule has 4 heterocycles. The number of carbonyl (C=O) groups is 2. The minimum Gasteiger partial charge on any atom is -0.481 e. The van der Waals surface area contributed by atoms with Crippen LogP contribution in [-0.2, 0) is 23.8 Å². The van der Waals surface area contributed by atoms with E-state index in [4.69, 9.17) is 14.6 Å².